The second-order valence-corrected chi connectivity index (χ2v) is 7.33. The molecule has 0 amide bonds. The second kappa shape index (κ2) is 7.79. The first-order valence-electron chi connectivity index (χ1n) is 9.96. The largest absolute Gasteiger partial charge is 0.382 e. The maximum absolute atomic E-state index is 14.7. The van der Waals surface area contributed by atoms with Crippen molar-refractivity contribution in [3.8, 4) is 23.0 Å². The number of fused-ring (bicyclic) bond motifs is 1. The number of hydrogen-bond donors (Lipinski definition) is 2. The predicted molar refractivity (Wildman–Crippen MR) is 117 cm³/mol. The topological polar surface area (TPSA) is 126 Å². The van der Waals surface area contributed by atoms with Gasteiger partial charge in [0.1, 0.15) is 23.0 Å². The van der Waals surface area contributed by atoms with Crippen LogP contribution in [0.5, 0.6) is 0 Å². The van der Waals surface area contributed by atoms with Gasteiger partial charge in [0.05, 0.1) is 41.9 Å². The molecule has 0 atom stereocenters. The Morgan fingerprint density at radius 2 is 2.03 bits per heavy atom. The molecule has 1 aliphatic heterocycles. The zero-order chi connectivity index (χ0) is 22.2. The summed E-state index contributed by atoms with van der Waals surface area (Å²) in [5.41, 5.74) is 7.63. The summed E-state index contributed by atoms with van der Waals surface area (Å²) in [7, 11) is 0. The molecule has 3 aromatic heterocycles. The quantitative estimate of drug-likeness (QED) is 0.509. The van der Waals surface area contributed by atoms with Crippen molar-refractivity contribution in [3.05, 3.63) is 64.5 Å². The molecule has 10 heteroatoms. The molecule has 0 bridgehead atoms. The summed E-state index contributed by atoms with van der Waals surface area (Å²) in [6.45, 7) is 2.87. The Morgan fingerprint density at radius 1 is 1.22 bits per heavy atom. The molecule has 0 unspecified atom stereocenters. The first-order chi connectivity index (χ1) is 15.6. The normalized spacial score (nSPS) is 13.9. The number of nitrogen functional groups attached to an aromatic ring is 1. The summed E-state index contributed by atoms with van der Waals surface area (Å²) < 4.78 is 21.2. The Balaban J connectivity index is 1.70. The van der Waals surface area contributed by atoms with Gasteiger partial charge < -0.3 is 15.4 Å². The Bertz CT molecular complexity index is 1410. The van der Waals surface area contributed by atoms with Gasteiger partial charge in [-0.1, -0.05) is 6.07 Å². The first-order valence-corrected chi connectivity index (χ1v) is 9.96. The van der Waals surface area contributed by atoms with E-state index >= 15 is 0 Å². The van der Waals surface area contributed by atoms with Gasteiger partial charge in [0.25, 0.3) is 5.56 Å². The van der Waals surface area contributed by atoms with Gasteiger partial charge in [-0.3, -0.25) is 19.4 Å². The van der Waals surface area contributed by atoms with Crippen molar-refractivity contribution in [3.63, 3.8) is 0 Å². The van der Waals surface area contributed by atoms with E-state index in [0.29, 0.717) is 30.0 Å². The van der Waals surface area contributed by atoms with Crippen LogP contribution in [0, 0.1) is 17.1 Å². The molecule has 3 N–H and O–H groups in total. The number of nitrogens with zero attached hydrogens (tertiary/aromatic N) is 5. The molecule has 0 spiro atoms. The molecule has 1 fully saturated rings. The Morgan fingerprint density at radius 3 is 2.75 bits per heavy atom. The number of morpholine rings is 1. The molecule has 0 saturated carbocycles. The second-order valence-electron chi connectivity index (χ2n) is 7.33. The Kier molecular flexibility index (Phi) is 4.80. The van der Waals surface area contributed by atoms with Crippen LogP contribution in [-0.2, 0) is 4.74 Å². The SMILES string of the molecule is N#Cc1cccc(F)c1-n1cc(-c2ccc(N3CCOCC3)cn2)c2[nH]nc(N)c2c1=O. The summed E-state index contributed by atoms with van der Waals surface area (Å²) >= 11 is 0. The van der Waals surface area contributed by atoms with E-state index < -0.39 is 11.4 Å². The number of halogens is 1. The molecule has 1 aliphatic rings. The molecule has 1 aromatic carbocycles. The third-order valence-corrected chi connectivity index (χ3v) is 5.50. The maximum atomic E-state index is 14.7. The summed E-state index contributed by atoms with van der Waals surface area (Å²) in [5, 5.41) is 16.3. The molecule has 160 valence electrons. The molecule has 4 heterocycles. The van der Waals surface area contributed by atoms with Gasteiger partial charge in [0.2, 0.25) is 0 Å². The minimum Gasteiger partial charge on any atom is -0.382 e. The van der Waals surface area contributed by atoms with Crippen LogP contribution in [0.1, 0.15) is 5.56 Å². The van der Waals surface area contributed by atoms with Crippen molar-refractivity contribution in [2.75, 3.05) is 36.9 Å². The molecule has 4 aromatic rings. The zero-order valence-electron chi connectivity index (χ0n) is 16.9. The minimum absolute atomic E-state index is 0.0135. The highest BCUT2D eigenvalue weighted by Crippen LogP contribution is 2.29. The number of anilines is 2. The third-order valence-electron chi connectivity index (χ3n) is 5.50. The van der Waals surface area contributed by atoms with Crippen LogP contribution in [-0.4, -0.2) is 46.1 Å². The van der Waals surface area contributed by atoms with Gasteiger partial charge in [0.15, 0.2) is 5.82 Å². The average Bonchev–Trinajstić information content (AvgIpc) is 3.22. The van der Waals surface area contributed by atoms with Gasteiger partial charge >= 0.3 is 0 Å². The van der Waals surface area contributed by atoms with Crippen molar-refractivity contribution >= 4 is 22.4 Å². The molecular weight excluding hydrogens is 413 g/mol. The third kappa shape index (κ3) is 3.16. The van der Waals surface area contributed by atoms with Crippen LogP contribution >= 0.6 is 0 Å². The van der Waals surface area contributed by atoms with Crippen molar-refractivity contribution < 1.29 is 9.13 Å². The highest BCUT2D eigenvalue weighted by Gasteiger charge is 2.21. The lowest BCUT2D eigenvalue weighted by Crippen LogP contribution is -2.36. The van der Waals surface area contributed by atoms with E-state index in [2.05, 4.69) is 20.1 Å². The fraction of sp³-hybridized carbons (Fsp3) is 0.182. The number of pyridine rings is 2. The van der Waals surface area contributed by atoms with Gasteiger partial charge in [-0.2, -0.15) is 10.4 Å². The number of para-hydroxylation sites is 1. The number of rotatable bonds is 3. The van der Waals surface area contributed by atoms with Crippen molar-refractivity contribution in [1.29, 1.82) is 5.26 Å². The Labute approximate surface area is 181 Å². The summed E-state index contributed by atoms with van der Waals surface area (Å²) in [5.74, 6) is -0.713. The molecule has 0 aliphatic carbocycles. The fourth-order valence-corrected chi connectivity index (χ4v) is 3.90. The summed E-state index contributed by atoms with van der Waals surface area (Å²) in [4.78, 5) is 19.9. The summed E-state index contributed by atoms with van der Waals surface area (Å²) in [6, 6.07) is 9.74. The van der Waals surface area contributed by atoms with E-state index in [1.807, 2.05) is 18.2 Å². The fourth-order valence-electron chi connectivity index (χ4n) is 3.90. The highest BCUT2D eigenvalue weighted by molar-refractivity contribution is 5.97. The number of H-pyrrole nitrogens is 1. The van der Waals surface area contributed by atoms with E-state index in [9.17, 15) is 14.4 Å². The van der Waals surface area contributed by atoms with E-state index in [1.165, 1.54) is 24.4 Å². The van der Waals surface area contributed by atoms with Crippen LogP contribution in [0.4, 0.5) is 15.9 Å². The van der Waals surface area contributed by atoms with Crippen LogP contribution < -0.4 is 16.2 Å². The van der Waals surface area contributed by atoms with Gasteiger partial charge in [-0.25, -0.2) is 4.39 Å². The number of hydrogen-bond acceptors (Lipinski definition) is 7. The number of benzene rings is 1. The maximum Gasteiger partial charge on any atom is 0.268 e. The molecular formula is C22H18FN7O2. The lowest BCUT2D eigenvalue weighted by atomic mass is 10.1. The average molecular weight is 431 g/mol. The van der Waals surface area contributed by atoms with Gasteiger partial charge in [0, 0.05) is 24.8 Å². The molecule has 0 radical (unpaired) electrons. The monoisotopic (exact) mass is 431 g/mol. The van der Waals surface area contributed by atoms with Crippen molar-refractivity contribution in [1.82, 2.24) is 19.7 Å². The molecule has 32 heavy (non-hydrogen) atoms. The number of ether oxygens (including phenoxy) is 1. The van der Waals surface area contributed by atoms with Crippen LogP contribution in [0.3, 0.4) is 0 Å². The molecule has 1 saturated heterocycles. The zero-order valence-corrected chi connectivity index (χ0v) is 16.9. The number of nitrogens with one attached hydrogen (secondary N) is 1. The smallest absolute Gasteiger partial charge is 0.268 e. The molecule has 9 nitrogen and oxygen atoms in total. The van der Waals surface area contributed by atoms with Crippen LogP contribution in [0.25, 0.3) is 27.8 Å². The number of nitriles is 1. The van der Waals surface area contributed by atoms with Crippen LogP contribution in [0.2, 0.25) is 0 Å². The van der Waals surface area contributed by atoms with Crippen molar-refractivity contribution in [2.45, 2.75) is 0 Å². The van der Waals surface area contributed by atoms with Gasteiger partial charge in [-0.05, 0) is 24.3 Å². The van der Waals surface area contributed by atoms with Crippen LogP contribution in [0.15, 0.2) is 47.5 Å². The number of nitrogens with two attached hydrogens (primary N) is 1. The Hall–Kier alpha value is -4.23. The minimum atomic E-state index is -0.700. The molecule has 5 rings (SSSR count). The van der Waals surface area contributed by atoms with Crippen molar-refractivity contribution in [2.24, 2.45) is 0 Å². The van der Waals surface area contributed by atoms with E-state index in [0.717, 1.165) is 23.3 Å². The standard InChI is InChI=1S/C22H18FN7O2/c23-16-3-1-2-13(10-24)20(16)30-12-15(19-18(22(30)31)21(25)28-27-19)17-5-4-14(11-26-17)29-6-8-32-9-7-29/h1-5,11-12H,6-9H2,(H3,25,27,28). The number of aromatic nitrogens is 4. The van der Waals surface area contributed by atoms with E-state index in [-0.39, 0.29) is 22.5 Å². The summed E-state index contributed by atoms with van der Waals surface area (Å²) in [6.07, 6.45) is 3.20. The van der Waals surface area contributed by atoms with E-state index in [4.69, 9.17) is 10.5 Å². The van der Waals surface area contributed by atoms with Gasteiger partial charge in [-0.15, -0.1) is 0 Å². The number of aromatic amines is 1. The lowest BCUT2D eigenvalue weighted by Gasteiger charge is -2.28. The lowest BCUT2D eigenvalue weighted by molar-refractivity contribution is 0.122. The predicted octanol–water partition coefficient (Wildman–Crippen LogP) is 2.21. The first kappa shape index (κ1) is 19.7. The van der Waals surface area contributed by atoms with E-state index in [1.54, 1.807) is 6.20 Å². The highest BCUT2D eigenvalue weighted by atomic mass is 19.1.